The Bertz CT molecular complexity index is 979. The zero-order chi connectivity index (χ0) is 20.2. The van der Waals surface area contributed by atoms with Crippen LogP contribution in [0.5, 0.6) is 0 Å². The monoisotopic (exact) mass is 400 g/mol. The quantitative estimate of drug-likeness (QED) is 0.678. The molecule has 2 aromatic carbocycles. The molecule has 0 radical (unpaired) electrons. The van der Waals surface area contributed by atoms with Gasteiger partial charge in [0.1, 0.15) is 0 Å². The van der Waals surface area contributed by atoms with Crippen LogP contribution in [-0.2, 0) is 24.1 Å². The minimum absolute atomic E-state index is 0.762. The zero-order valence-electron chi connectivity index (χ0n) is 17.3. The molecule has 5 rings (SSSR count). The fourth-order valence-corrected chi connectivity index (χ4v) is 4.30. The van der Waals surface area contributed by atoms with E-state index in [1.54, 1.807) is 0 Å². The summed E-state index contributed by atoms with van der Waals surface area (Å²) >= 11 is 0. The molecule has 154 valence electrons. The van der Waals surface area contributed by atoms with Gasteiger partial charge in [0.05, 0.1) is 18.9 Å². The number of aryl methyl sites for hydroxylation is 2. The van der Waals surface area contributed by atoms with E-state index < -0.39 is 0 Å². The van der Waals surface area contributed by atoms with E-state index in [1.165, 1.54) is 42.4 Å². The van der Waals surface area contributed by atoms with Crippen LogP contribution >= 0.6 is 0 Å². The van der Waals surface area contributed by atoms with Crippen molar-refractivity contribution in [3.8, 4) is 11.3 Å². The van der Waals surface area contributed by atoms with E-state index in [1.807, 2.05) is 12.1 Å². The van der Waals surface area contributed by atoms with E-state index in [9.17, 15) is 0 Å². The summed E-state index contributed by atoms with van der Waals surface area (Å²) in [6.45, 7) is 4.65. The molecule has 5 nitrogen and oxygen atoms in total. The van der Waals surface area contributed by atoms with E-state index in [-0.39, 0.29) is 0 Å². The first-order valence-corrected chi connectivity index (χ1v) is 11.0. The molecule has 2 heterocycles. The van der Waals surface area contributed by atoms with Crippen LogP contribution < -0.4 is 5.32 Å². The Kier molecular flexibility index (Phi) is 5.73. The van der Waals surface area contributed by atoms with Crippen LogP contribution in [0.1, 0.15) is 29.5 Å². The number of ether oxygens (including phenoxy) is 1. The molecule has 1 aliphatic carbocycles. The fraction of sp³-hybridized carbons (Fsp3) is 0.360. The minimum Gasteiger partial charge on any atom is -0.379 e. The molecule has 1 fully saturated rings. The van der Waals surface area contributed by atoms with Crippen molar-refractivity contribution >= 4 is 11.5 Å². The van der Waals surface area contributed by atoms with Crippen molar-refractivity contribution in [2.75, 3.05) is 31.6 Å². The Balaban J connectivity index is 1.22. The third-order valence-corrected chi connectivity index (χ3v) is 6.05. The Hall–Kier alpha value is -2.76. The first kappa shape index (κ1) is 19.2. The molecule has 1 aliphatic heterocycles. The van der Waals surface area contributed by atoms with E-state index in [0.29, 0.717) is 0 Å². The van der Waals surface area contributed by atoms with Crippen LogP contribution in [0.4, 0.5) is 11.5 Å². The van der Waals surface area contributed by atoms with Crippen molar-refractivity contribution in [3.63, 3.8) is 0 Å². The van der Waals surface area contributed by atoms with Gasteiger partial charge in [0.25, 0.3) is 0 Å². The number of fused-ring (bicyclic) bond motifs is 1. The standard InChI is InChI=1S/C25H28N4O/c1-2-4-21-17-22(8-7-20(21)3-1)24-11-12-25(28-27-24)26-23-9-5-19(6-10-23)18-29-13-15-30-16-14-29/h5-12,17H,1-4,13-16,18H2,(H,26,28). The summed E-state index contributed by atoms with van der Waals surface area (Å²) in [5.41, 5.74) is 7.39. The van der Waals surface area contributed by atoms with E-state index in [2.05, 4.69) is 62.9 Å². The Morgan fingerprint density at radius 2 is 1.63 bits per heavy atom. The first-order valence-electron chi connectivity index (χ1n) is 11.0. The number of aromatic nitrogens is 2. The summed E-state index contributed by atoms with van der Waals surface area (Å²) < 4.78 is 5.42. The highest BCUT2D eigenvalue weighted by Crippen LogP contribution is 2.27. The van der Waals surface area contributed by atoms with E-state index >= 15 is 0 Å². The number of hydrogen-bond donors (Lipinski definition) is 1. The number of nitrogens with zero attached hydrogens (tertiary/aromatic N) is 3. The van der Waals surface area contributed by atoms with Crippen LogP contribution in [0.15, 0.2) is 54.6 Å². The predicted molar refractivity (Wildman–Crippen MR) is 120 cm³/mol. The van der Waals surface area contributed by atoms with Gasteiger partial charge in [0.2, 0.25) is 0 Å². The van der Waals surface area contributed by atoms with Gasteiger partial charge in [-0.25, -0.2) is 0 Å². The highest BCUT2D eigenvalue weighted by Gasteiger charge is 2.12. The second-order valence-electron chi connectivity index (χ2n) is 8.20. The maximum absolute atomic E-state index is 5.42. The van der Waals surface area contributed by atoms with Gasteiger partial charge >= 0.3 is 0 Å². The highest BCUT2D eigenvalue weighted by atomic mass is 16.5. The summed E-state index contributed by atoms with van der Waals surface area (Å²) in [4.78, 5) is 2.43. The maximum Gasteiger partial charge on any atom is 0.153 e. The average molecular weight is 401 g/mol. The fourth-order valence-electron chi connectivity index (χ4n) is 4.30. The molecule has 1 saturated heterocycles. The lowest BCUT2D eigenvalue weighted by Crippen LogP contribution is -2.35. The molecule has 0 amide bonds. The number of hydrogen-bond acceptors (Lipinski definition) is 5. The Morgan fingerprint density at radius 1 is 0.833 bits per heavy atom. The lowest BCUT2D eigenvalue weighted by molar-refractivity contribution is 0.0342. The van der Waals surface area contributed by atoms with E-state index in [4.69, 9.17) is 4.74 Å². The molecule has 30 heavy (non-hydrogen) atoms. The van der Waals surface area contributed by atoms with Crippen LogP contribution in [0, 0.1) is 0 Å². The second kappa shape index (κ2) is 8.94. The van der Waals surface area contributed by atoms with Crippen molar-refractivity contribution < 1.29 is 4.74 Å². The van der Waals surface area contributed by atoms with Crippen LogP contribution in [-0.4, -0.2) is 41.4 Å². The third-order valence-electron chi connectivity index (χ3n) is 6.05. The molecular weight excluding hydrogens is 372 g/mol. The molecule has 1 aromatic heterocycles. The van der Waals surface area contributed by atoms with Crippen molar-refractivity contribution in [3.05, 3.63) is 71.3 Å². The molecule has 1 N–H and O–H groups in total. The van der Waals surface area contributed by atoms with E-state index in [0.717, 1.165) is 55.6 Å². The van der Waals surface area contributed by atoms with Crippen LogP contribution in [0.25, 0.3) is 11.3 Å². The van der Waals surface area contributed by atoms with Crippen molar-refractivity contribution in [2.45, 2.75) is 32.2 Å². The summed E-state index contributed by atoms with van der Waals surface area (Å²) in [6, 6.07) is 19.3. The topological polar surface area (TPSA) is 50.3 Å². The molecule has 0 spiro atoms. The lowest BCUT2D eigenvalue weighted by atomic mass is 9.90. The molecule has 0 unspecified atom stereocenters. The van der Waals surface area contributed by atoms with Gasteiger partial charge in [-0.15, -0.1) is 10.2 Å². The zero-order valence-corrected chi connectivity index (χ0v) is 17.3. The molecular formula is C25H28N4O. The highest BCUT2D eigenvalue weighted by molar-refractivity contribution is 5.63. The SMILES string of the molecule is c1cc(Nc2ccc(-c3ccc4c(c3)CCCC4)nn2)ccc1CN1CCOCC1. The molecule has 0 saturated carbocycles. The number of nitrogens with one attached hydrogen (secondary N) is 1. The number of morpholine rings is 1. The van der Waals surface area contributed by atoms with Gasteiger partial charge in [0.15, 0.2) is 5.82 Å². The van der Waals surface area contributed by atoms with Gasteiger partial charge in [-0.3, -0.25) is 4.90 Å². The van der Waals surface area contributed by atoms with Gasteiger partial charge in [-0.1, -0.05) is 24.3 Å². The second-order valence-corrected chi connectivity index (χ2v) is 8.20. The minimum atomic E-state index is 0.762. The Morgan fingerprint density at radius 3 is 2.40 bits per heavy atom. The molecule has 0 bridgehead atoms. The van der Waals surface area contributed by atoms with Gasteiger partial charge in [-0.05, 0) is 72.7 Å². The van der Waals surface area contributed by atoms with Gasteiger partial charge in [0, 0.05) is 30.9 Å². The number of rotatable bonds is 5. The summed E-state index contributed by atoms with van der Waals surface area (Å²) in [5.74, 6) is 0.762. The molecule has 0 atom stereocenters. The molecule has 5 heteroatoms. The maximum atomic E-state index is 5.42. The largest absolute Gasteiger partial charge is 0.379 e. The summed E-state index contributed by atoms with van der Waals surface area (Å²) in [5, 5.41) is 12.2. The number of benzene rings is 2. The molecule has 3 aromatic rings. The average Bonchev–Trinajstić information content (AvgIpc) is 2.81. The van der Waals surface area contributed by atoms with Gasteiger partial charge < -0.3 is 10.1 Å². The molecule has 2 aliphatic rings. The summed E-state index contributed by atoms with van der Waals surface area (Å²) in [7, 11) is 0. The lowest BCUT2D eigenvalue weighted by Gasteiger charge is -2.26. The Labute approximate surface area is 178 Å². The predicted octanol–water partition coefficient (Wildman–Crippen LogP) is 4.60. The summed E-state index contributed by atoms with van der Waals surface area (Å²) in [6.07, 6.45) is 4.98. The van der Waals surface area contributed by atoms with Crippen LogP contribution in [0.3, 0.4) is 0 Å². The van der Waals surface area contributed by atoms with Crippen molar-refractivity contribution in [1.82, 2.24) is 15.1 Å². The van der Waals surface area contributed by atoms with Gasteiger partial charge in [-0.2, -0.15) is 0 Å². The van der Waals surface area contributed by atoms with Crippen molar-refractivity contribution in [1.29, 1.82) is 0 Å². The normalized spacial score (nSPS) is 16.8. The van der Waals surface area contributed by atoms with Crippen molar-refractivity contribution in [2.24, 2.45) is 0 Å². The van der Waals surface area contributed by atoms with Crippen LogP contribution in [0.2, 0.25) is 0 Å². The third kappa shape index (κ3) is 4.53. The number of anilines is 2. The smallest absolute Gasteiger partial charge is 0.153 e. The first-order chi connectivity index (χ1) is 14.8.